The third-order valence-corrected chi connectivity index (χ3v) is 2.88. The molecule has 0 fully saturated rings. The van der Waals surface area contributed by atoms with Gasteiger partial charge in [-0.1, -0.05) is 60.7 Å². The predicted molar refractivity (Wildman–Crippen MR) is 66.2 cm³/mol. The van der Waals surface area contributed by atoms with Crippen LogP contribution in [0.15, 0.2) is 60.7 Å². The topological polar surface area (TPSA) is 0 Å². The van der Waals surface area contributed by atoms with Crippen LogP contribution < -0.4 is 10.6 Å². The molecule has 0 heterocycles. The SMILES string of the molecule is [LiH].c1ccc([P]c2ccccc2)cc1. The van der Waals surface area contributed by atoms with Gasteiger partial charge in [-0.25, -0.2) is 0 Å². The van der Waals surface area contributed by atoms with E-state index >= 15 is 0 Å². The minimum Gasteiger partial charge on any atom is -0.0622 e. The maximum Gasteiger partial charge on any atom is -0.0100 e. The minimum atomic E-state index is 0. The minimum absolute atomic E-state index is 0. The molecular formula is C12H11LiP. The van der Waals surface area contributed by atoms with Crippen LogP contribution in [0.2, 0.25) is 0 Å². The van der Waals surface area contributed by atoms with Crippen LogP contribution >= 0.6 is 8.58 Å². The van der Waals surface area contributed by atoms with E-state index in [2.05, 4.69) is 48.5 Å². The van der Waals surface area contributed by atoms with Gasteiger partial charge in [-0.15, -0.1) is 0 Å². The Morgan fingerprint density at radius 3 is 1.29 bits per heavy atom. The van der Waals surface area contributed by atoms with E-state index < -0.39 is 0 Å². The van der Waals surface area contributed by atoms with E-state index in [1.54, 1.807) is 0 Å². The Labute approximate surface area is 98.7 Å². The van der Waals surface area contributed by atoms with E-state index in [4.69, 9.17) is 0 Å². The van der Waals surface area contributed by atoms with E-state index in [1.165, 1.54) is 19.2 Å². The van der Waals surface area contributed by atoms with Crippen molar-refractivity contribution in [3.8, 4) is 0 Å². The van der Waals surface area contributed by atoms with Gasteiger partial charge in [-0.3, -0.25) is 0 Å². The Morgan fingerprint density at radius 2 is 0.929 bits per heavy atom. The van der Waals surface area contributed by atoms with E-state index in [9.17, 15) is 0 Å². The first-order valence-electron chi connectivity index (χ1n) is 4.27. The molecule has 0 saturated carbocycles. The Morgan fingerprint density at radius 1 is 0.571 bits per heavy atom. The van der Waals surface area contributed by atoms with Gasteiger partial charge in [0, 0.05) is 0 Å². The summed E-state index contributed by atoms with van der Waals surface area (Å²) < 4.78 is 0. The molecule has 0 N–H and O–H groups in total. The maximum absolute atomic E-state index is 2.15. The van der Waals surface area contributed by atoms with E-state index in [1.807, 2.05) is 12.1 Å². The zero-order chi connectivity index (χ0) is 8.93. The largest absolute Gasteiger partial charge is 0.0622 e. The summed E-state index contributed by atoms with van der Waals surface area (Å²) >= 11 is 0. The molecule has 0 spiro atoms. The molecule has 14 heavy (non-hydrogen) atoms. The van der Waals surface area contributed by atoms with Crippen molar-refractivity contribution in [2.24, 2.45) is 0 Å². The molecule has 0 bridgehead atoms. The molecule has 2 rings (SSSR count). The summed E-state index contributed by atoms with van der Waals surface area (Å²) in [6, 6.07) is 21.0. The summed E-state index contributed by atoms with van der Waals surface area (Å²) in [4.78, 5) is 0. The van der Waals surface area contributed by atoms with Gasteiger partial charge in [0.25, 0.3) is 0 Å². The Kier molecular flexibility index (Phi) is 4.98. The van der Waals surface area contributed by atoms with Crippen molar-refractivity contribution in [3.63, 3.8) is 0 Å². The molecule has 0 amide bonds. The third kappa shape index (κ3) is 3.32. The van der Waals surface area contributed by atoms with Crippen LogP contribution in [0.25, 0.3) is 0 Å². The molecule has 0 aliphatic carbocycles. The van der Waals surface area contributed by atoms with Crippen molar-refractivity contribution in [3.05, 3.63) is 60.7 Å². The van der Waals surface area contributed by atoms with Gasteiger partial charge in [0.05, 0.1) is 0 Å². The second-order valence-corrected chi connectivity index (χ2v) is 4.04. The first kappa shape index (κ1) is 11.5. The molecule has 0 aromatic heterocycles. The summed E-state index contributed by atoms with van der Waals surface area (Å²) in [5.41, 5.74) is 0. The third-order valence-electron chi connectivity index (χ3n) is 1.77. The zero-order valence-electron chi connectivity index (χ0n) is 7.22. The van der Waals surface area contributed by atoms with E-state index in [0.29, 0.717) is 0 Å². The van der Waals surface area contributed by atoms with Gasteiger partial charge in [0.1, 0.15) is 0 Å². The summed E-state index contributed by atoms with van der Waals surface area (Å²) in [5, 5.41) is 2.68. The first-order valence-corrected chi connectivity index (χ1v) is 5.16. The molecule has 2 heteroatoms. The fourth-order valence-electron chi connectivity index (χ4n) is 1.15. The predicted octanol–water partition coefficient (Wildman–Crippen LogP) is 1.94. The van der Waals surface area contributed by atoms with Crippen LogP contribution in [-0.4, -0.2) is 18.9 Å². The average Bonchev–Trinajstić information content (AvgIpc) is 2.21. The summed E-state index contributed by atoms with van der Waals surface area (Å²) in [7, 11) is 1.28. The Bertz CT molecular complexity index is 321. The van der Waals surface area contributed by atoms with Crippen LogP contribution in [0.5, 0.6) is 0 Å². The Balaban J connectivity index is 0.000000980. The van der Waals surface area contributed by atoms with Crippen molar-refractivity contribution in [2.45, 2.75) is 0 Å². The van der Waals surface area contributed by atoms with Crippen molar-refractivity contribution >= 4 is 38.1 Å². The van der Waals surface area contributed by atoms with Crippen LogP contribution in [0.3, 0.4) is 0 Å². The fraction of sp³-hybridized carbons (Fsp3) is 0. The standard InChI is InChI=1S/C12H10P.Li.H/c1-3-7-11(8-4-1)13-12-9-5-2-6-10-12;;/h1-10H;;. The van der Waals surface area contributed by atoms with Gasteiger partial charge in [-0.2, -0.15) is 0 Å². The number of hydrogen-bond donors (Lipinski definition) is 0. The van der Waals surface area contributed by atoms with Crippen LogP contribution in [0, 0.1) is 0 Å². The first-order chi connectivity index (χ1) is 6.45. The molecule has 0 aliphatic rings. The van der Waals surface area contributed by atoms with Crippen molar-refractivity contribution in [1.82, 2.24) is 0 Å². The van der Waals surface area contributed by atoms with E-state index in [0.717, 1.165) is 0 Å². The molecule has 0 atom stereocenters. The molecule has 0 aliphatic heterocycles. The van der Waals surface area contributed by atoms with Crippen LogP contribution in [0.4, 0.5) is 0 Å². The maximum atomic E-state index is 2.15. The molecule has 2 aromatic rings. The molecule has 0 saturated heterocycles. The number of rotatable bonds is 2. The normalized spacial score (nSPS) is 9.14. The van der Waals surface area contributed by atoms with Crippen LogP contribution in [-0.2, 0) is 0 Å². The quantitative estimate of drug-likeness (QED) is 0.505. The smallest absolute Gasteiger partial charge is 0.0100 e. The van der Waals surface area contributed by atoms with Gasteiger partial charge in [-0.05, 0) is 19.2 Å². The summed E-state index contributed by atoms with van der Waals surface area (Å²) in [6.07, 6.45) is 0. The summed E-state index contributed by atoms with van der Waals surface area (Å²) in [6.45, 7) is 0. The summed E-state index contributed by atoms with van der Waals surface area (Å²) in [5.74, 6) is 0. The van der Waals surface area contributed by atoms with Crippen LogP contribution in [0.1, 0.15) is 0 Å². The molecule has 2 aromatic carbocycles. The second kappa shape index (κ2) is 6.05. The Hall–Kier alpha value is -0.533. The van der Waals surface area contributed by atoms with E-state index in [-0.39, 0.29) is 18.9 Å². The molecule has 0 nitrogen and oxygen atoms in total. The van der Waals surface area contributed by atoms with Gasteiger partial charge >= 0.3 is 18.9 Å². The molecular weight excluding hydrogens is 182 g/mol. The molecule has 0 unspecified atom stereocenters. The number of hydrogen-bond acceptors (Lipinski definition) is 0. The fourth-order valence-corrected chi connectivity index (χ4v) is 2.09. The van der Waals surface area contributed by atoms with Crippen molar-refractivity contribution in [2.75, 3.05) is 0 Å². The molecule has 1 radical (unpaired) electrons. The second-order valence-electron chi connectivity index (χ2n) is 2.78. The molecule has 65 valence electrons. The number of benzene rings is 2. The average molecular weight is 193 g/mol. The van der Waals surface area contributed by atoms with Gasteiger partial charge in [0.2, 0.25) is 0 Å². The van der Waals surface area contributed by atoms with Crippen molar-refractivity contribution < 1.29 is 0 Å². The van der Waals surface area contributed by atoms with Gasteiger partial charge < -0.3 is 0 Å². The van der Waals surface area contributed by atoms with Crippen molar-refractivity contribution in [1.29, 1.82) is 0 Å². The van der Waals surface area contributed by atoms with Gasteiger partial charge in [0.15, 0.2) is 0 Å². The monoisotopic (exact) mass is 193 g/mol. The zero-order valence-corrected chi connectivity index (χ0v) is 8.12.